The van der Waals surface area contributed by atoms with E-state index < -0.39 is 12.3 Å². The molecule has 1 N–H and O–H groups in total. The fourth-order valence-corrected chi connectivity index (χ4v) is 3.13. The molecule has 12 heteroatoms. The molecule has 0 aliphatic carbocycles. The molecule has 0 radical (unpaired) electrons. The van der Waals surface area contributed by atoms with Crippen LogP contribution in [0, 0.1) is 5.21 Å². The maximum atomic E-state index is 11.1. The lowest BCUT2D eigenvalue weighted by Gasteiger charge is -2.18. The van der Waals surface area contributed by atoms with Gasteiger partial charge in [-0.05, 0) is 13.8 Å². The van der Waals surface area contributed by atoms with Gasteiger partial charge in [-0.15, -0.1) is 0 Å². The van der Waals surface area contributed by atoms with Gasteiger partial charge in [-0.1, -0.05) is 46.4 Å². The molecule has 29 heavy (non-hydrogen) atoms. The summed E-state index contributed by atoms with van der Waals surface area (Å²) in [6.07, 6.45) is 3.25. The molecule has 0 atom stereocenters. The molecule has 0 fully saturated rings. The van der Waals surface area contributed by atoms with E-state index >= 15 is 0 Å². The Kier molecular flexibility index (Phi) is 10.6. The molecule has 0 bridgehead atoms. The van der Waals surface area contributed by atoms with Gasteiger partial charge in [-0.2, -0.15) is 4.73 Å². The van der Waals surface area contributed by atoms with Crippen LogP contribution in [0.25, 0.3) is 0 Å². The van der Waals surface area contributed by atoms with Crippen molar-refractivity contribution in [3.8, 4) is 0 Å². The monoisotopic (exact) mass is 484 g/mol. The number of halogens is 4. The van der Waals surface area contributed by atoms with Crippen molar-refractivity contribution in [2.75, 3.05) is 13.2 Å². The quantitative estimate of drug-likeness (QED) is 0.264. The number of carboxylic acid groups (broad SMARTS) is 1. The van der Waals surface area contributed by atoms with Crippen molar-refractivity contribution in [3.63, 3.8) is 0 Å². The second kappa shape index (κ2) is 12.1. The number of carbonyl (C=O) groups excluding carboxylic acids is 1. The molecule has 0 amide bonds. The molecule has 0 saturated heterocycles. The molecular formula is C17H16Cl4N2O6. The second-order valence-electron chi connectivity index (χ2n) is 5.08. The van der Waals surface area contributed by atoms with Gasteiger partial charge in [0, 0.05) is 19.4 Å². The molecule has 0 spiro atoms. The van der Waals surface area contributed by atoms with Crippen LogP contribution in [0.15, 0.2) is 18.6 Å². The molecule has 158 valence electrons. The number of aldehydes is 1. The summed E-state index contributed by atoms with van der Waals surface area (Å²) in [5.74, 6) is -1.30. The SMILES string of the molecule is CCOC(OCC)c1c(Cl)c[n+]([O-])cc1Cl.O=Cc1c(Cl)cnc(C(=O)O)c1Cl. The summed E-state index contributed by atoms with van der Waals surface area (Å²) in [5, 5.41) is 19.9. The molecule has 0 aliphatic rings. The van der Waals surface area contributed by atoms with Gasteiger partial charge in [0.25, 0.3) is 0 Å². The van der Waals surface area contributed by atoms with Crippen LogP contribution in [0.3, 0.4) is 0 Å². The molecular weight excluding hydrogens is 470 g/mol. The van der Waals surface area contributed by atoms with Crippen LogP contribution < -0.4 is 4.73 Å². The number of aromatic nitrogens is 2. The molecule has 0 unspecified atom stereocenters. The van der Waals surface area contributed by atoms with E-state index in [0.29, 0.717) is 29.8 Å². The van der Waals surface area contributed by atoms with E-state index in [0.717, 1.165) is 6.20 Å². The molecule has 2 rings (SSSR count). The van der Waals surface area contributed by atoms with Crippen LogP contribution in [-0.4, -0.2) is 35.6 Å². The summed E-state index contributed by atoms with van der Waals surface area (Å²) in [7, 11) is 0. The number of rotatable bonds is 7. The first kappa shape index (κ1) is 25.4. The minimum absolute atomic E-state index is 0.0324. The fourth-order valence-electron chi connectivity index (χ4n) is 1.99. The predicted molar refractivity (Wildman–Crippen MR) is 108 cm³/mol. The van der Waals surface area contributed by atoms with E-state index in [1.54, 1.807) is 0 Å². The Balaban J connectivity index is 0.000000296. The highest BCUT2D eigenvalue weighted by atomic mass is 35.5. The number of nitrogens with zero attached hydrogens (tertiary/aromatic N) is 2. The molecule has 0 aliphatic heterocycles. The van der Waals surface area contributed by atoms with Gasteiger partial charge in [0.15, 0.2) is 30.7 Å². The van der Waals surface area contributed by atoms with E-state index in [9.17, 15) is 14.8 Å². The van der Waals surface area contributed by atoms with Crippen molar-refractivity contribution in [1.29, 1.82) is 0 Å². The number of hydrogen-bond donors (Lipinski definition) is 1. The van der Waals surface area contributed by atoms with Crippen LogP contribution in [0.2, 0.25) is 20.1 Å². The Morgan fingerprint density at radius 1 is 1.17 bits per heavy atom. The van der Waals surface area contributed by atoms with Gasteiger partial charge in [0.05, 0.1) is 21.2 Å². The van der Waals surface area contributed by atoms with E-state index in [1.165, 1.54) is 12.4 Å². The van der Waals surface area contributed by atoms with E-state index in [4.69, 9.17) is 61.0 Å². The number of carboxylic acids is 1. The lowest BCUT2D eigenvalue weighted by molar-refractivity contribution is -0.605. The summed E-state index contributed by atoms with van der Waals surface area (Å²) >= 11 is 23.0. The molecule has 0 aromatic carbocycles. The summed E-state index contributed by atoms with van der Waals surface area (Å²) in [6.45, 7) is 4.60. The maximum absolute atomic E-state index is 11.1. The van der Waals surface area contributed by atoms with Gasteiger partial charge in [-0.3, -0.25) is 4.79 Å². The first-order valence-corrected chi connectivity index (χ1v) is 9.52. The van der Waals surface area contributed by atoms with Gasteiger partial charge in [0.1, 0.15) is 10.0 Å². The van der Waals surface area contributed by atoms with Crippen molar-refractivity contribution in [2.24, 2.45) is 0 Å². The Hall–Kier alpha value is -1.68. The minimum Gasteiger partial charge on any atom is -0.619 e. The third-order valence-electron chi connectivity index (χ3n) is 3.20. The Morgan fingerprint density at radius 3 is 2.10 bits per heavy atom. The summed E-state index contributed by atoms with van der Waals surface area (Å²) in [6, 6.07) is 0. The Morgan fingerprint density at radius 2 is 1.69 bits per heavy atom. The smallest absolute Gasteiger partial charge is 0.356 e. The van der Waals surface area contributed by atoms with Crippen molar-refractivity contribution in [1.82, 2.24) is 4.98 Å². The van der Waals surface area contributed by atoms with Gasteiger partial charge in [0.2, 0.25) is 0 Å². The highest BCUT2D eigenvalue weighted by molar-refractivity contribution is 6.39. The van der Waals surface area contributed by atoms with E-state index in [1.807, 2.05) is 13.8 Å². The number of ether oxygens (including phenoxy) is 2. The average Bonchev–Trinajstić information content (AvgIpc) is 2.62. The lowest BCUT2D eigenvalue weighted by Crippen LogP contribution is -2.26. The second-order valence-corrected chi connectivity index (χ2v) is 6.68. The van der Waals surface area contributed by atoms with Crippen LogP contribution in [0.5, 0.6) is 0 Å². The number of hydrogen-bond acceptors (Lipinski definition) is 6. The number of pyridine rings is 2. The number of aromatic carboxylic acids is 1. The first-order valence-electron chi connectivity index (χ1n) is 8.01. The maximum Gasteiger partial charge on any atom is 0.356 e. The standard InChI is InChI=1S/C10H13Cl2NO3.C7H3Cl2NO3/c1-3-15-10(16-4-2)9-7(11)5-13(14)6-8(9)12;8-4-1-10-6(7(12)13)5(9)3(4)2-11/h5-6,10H,3-4H2,1-2H3;1-2H,(H,12,13). The lowest BCUT2D eigenvalue weighted by atomic mass is 10.2. The normalized spacial score (nSPS) is 10.4. The van der Waals surface area contributed by atoms with E-state index in [2.05, 4.69) is 4.98 Å². The van der Waals surface area contributed by atoms with Crippen LogP contribution in [0.4, 0.5) is 0 Å². The molecule has 0 saturated carbocycles. The first-order chi connectivity index (χ1) is 13.7. The predicted octanol–water partition coefficient (Wildman–Crippen LogP) is 4.60. The average molecular weight is 486 g/mol. The van der Waals surface area contributed by atoms with Crippen LogP contribution in [-0.2, 0) is 9.47 Å². The van der Waals surface area contributed by atoms with Gasteiger partial charge < -0.3 is 19.8 Å². The zero-order valence-electron chi connectivity index (χ0n) is 15.2. The third kappa shape index (κ3) is 6.95. The third-order valence-corrected chi connectivity index (χ3v) is 4.48. The Bertz CT molecular complexity index is 852. The van der Waals surface area contributed by atoms with Crippen molar-refractivity contribution < 1.29 is 28.9 Å². The molecule has 8 nitrogen and oxygen atoms in total. The van der Waals surface area contributed by atoms with Crippen molar-refractivity contribution >= 4 is 58.7 Å². The molecule has 2 aromatic heterocycles. The van der Waals surface area contributed by atoms with Gasteiger partial charge >= 0.3 is 5.97 Å². The van der Waals surface area contributed by atoms with Crippen molar-refractivity contribution in [3.05, 3.63) is 60.7 Å². The van der Waals surface area contributed by atoms with Crippen molar-refractivity contribution in [2.45, 2.75) is 20.1 Å². The van der Waals surface area contributed by atoms with E-state index in [-0.39, 0.29) is 31.3 Å². The van der Waals surface area contributed by atoms with Gasteiger partial charge in [-0.25, -0.2) is 9.78 Å². The number of carbonyl (C=O) groups is 2. The summed E-state index contributed by atoms with van der Waals surface area (Å²) in [5.41, 5.74) is 0.0445. The van der Waals surface area contributed by atoms with Crippen LogP contribution >= 0.6 is 46.4 Å². The highest BCUT2D eigenvalue weighted by Gasteiger charge is 2.22. The summed E-state index contributed by atoms with van der Waals surface area (Å²) < 4.78 is 11.3. The zero-order chi connectivity index (χ0) is 22.1. The molecule has 2 aromatic rings. The highest BCUT2D eigenvalue weighted by Crippen LogP contribution is 2.31. The zero-order valence-corrected chi connectivity index (χ0v) is 18.2. The Labute approximate surface area is 186 Å². The molecule has 2 heterocycles. The van der Waals surface area contributed by atoms with Crippen LogP contribution in [0.1, 0.15) is 46.5 Å². The summed E-state index contributed by atoms with van der Waals surface area (Å²) in [4.78, 5) is 24.4. The fraction of sp³-hybridized carbons (Fsp3) is 0.294. The topological polar surface area (TPSA) is 113 Å². The minimum atomic E-state index is -1.30. The largest absolute Gasteiger partial charge is 0.619 e.